The highest BCUT2D eigenvalue weighted by Crippen LogP contribution is 2.23. The van der Waals surface area contributed by atoms with Crippen LogP contribution in [0.25, 0.3) is 0 Å². The Hall–Kier alpha value is -2.13. The average Bonchev–Trinajstić information content (AvgIpc) is 2.62. The molecule has 2 aliphatic heterocycles. The summed E-state index contributed by atoms with van der Waals surface area (Å²) >= 11 is 0. The molecule has 0 spiro atoms. The van der Waals surface area contributed by atoms with Gasteiger partial charge in [-0.15, -0.1) is 0 Å². The summed E-state index contributed by atoms with van der Waals surface area (Å²) in [6.07, 6.45) is 3.51. The monoisotopic (exact) mass is 300 g/mol. The first kappa shape index (κ1) is 14.8. The summed E-state index contributed by atoms with van der Waals surface area (Å²) in [6, 6.07) is 5.71. The molecule has 6 heteroatoms. The van der Waals surface area contributed by atoms with Gasteiger partial charge in [0, 0.05) is 32.4 Å². The van der Waals surface area contributed by atoms with Crippen molar-refractivity contribution in [2.24, 2.45) is 5.92 Å². The summed E-state index contributed by atoms with van der Waals surface area (Å²) in [5, 5.41) is 8.83. The molecule has 1 atom stereocenters. The first-order chi connectivity index (χ1) is 10.8. The molecule has 3 rings (SSSR count). The maximum Gasteiger partial charge on any atom is 0.227 e. The van der Waals surface area contributed by atoms with Crippen LogP contribution in [0.2, 0.25) is 0 Å². The van der Waals surface area contributed by atoms with E-state index in [4.69, 9.17) is 10.00 Å². The molecule has 0 radical (unpaired) electrons. The van der Waals surface area contributed by atoms with Crippen LogP contribution in [0.15, 0.2) is 18.3 Å². The van der Waals surface area contributed by atoms with Gasteiger partial charge in [-0.25, -0.2) is 4.98 Å². The molecule has 1 aromatic heterocycles. The minimum atomic E-state index is 0.0318. The molecule has 1 aromatic rings. The third kappa shape index (κ3) is 3.20. The van der Waals surface area contributed by atoms with Crippen molar-refractivity contribution >= 4 is 11.7 Å². The van der Waals surface area contributed by atoms with Crippen molar-refractivity contribution in [1.82, 2.24) is 9.88 Å². The molecule has 0 unspecified atom stereocenters. The number of nitrogens with zero attached hydrogens (tertiary/aromatic N) is 4. The number of amides is 1. The number of aromatic nitrogens is 1. The molecule has 2 saturated heterocycles. The third-order valence-corrected chi connectivity index (χ3v) is 4.29. The minimum Gasteiger partial charge on any atom is -0.378 e. The summed E-state index contributed by atoms with van der Waals surface area (Å²) in [6.45, 7) is 4.29. The standard InChI is InChI=1S/C16H20N4O2/c17-10-13-3-4-15(18-11-13)20-5-1-2-14(12-20)16(21)19-6-8-22-9-7-19/h3-4,11,14H,1-2,5-9,12H2/t14-/m0/s1. The Morgan fingerprint density at radius 3 is 2.82 bits per heavy atom. The molecule has 3 heterocycles. The molecule has 0 saturated carbocycles. The van der Waals surface area contributed by atoms with E-state index in [2.05, 4.69) is 16.0 Å². The summed E-state index contributed by atoms with van der Waals surface area (Å²) in [5.41, 5.74) is 0.557. The largest absolute Gasteiger partial charge is 0.378 e. The smallest absolute Gasteiger partial charge is 0.227 e. The predicted octanol–water partition coefficient (Wildman–Crippen LogP) is 1.03. The van der Waals surface area contributed by atoms with Crippen LogP contribution in [0.1, 0.15) is 18.4 Å². The molecule has 0 N–H and O–H groups in total. The molecule has 2 fully saturated rings. The number of carbonyl (C=O) groups excluding carboxylic acids is 1. The molecule has 22 heavy (non-hydrogen) atoms. The summed E-state index contributed by atoms with van der Waals surface area (Å²) in [4.78, 5) is 21.0. The first-order valence-corrected chi connectivity index (χ1v) is 7.75. The van der Waals surface area contributed by atoms with E-state index >= 15 is 0 Å². The number of pyridine rings is 1. The Labute approximate surface area is 130 Å². The second-order valence-corrected chi connectivity index (χ2v) is 5.74. The number of morpholine rings is 1. The highest BCUT2D eigenvalue weighted by Gasteiger charge is 2.30. The minimum absolute atomic E-state index is 0.0318. The van der Waals surface area contributed by atoms with Crippen LogP contribution in [-0.2, 0) is 9.53 Å². The van der Waals surface area contributed by atoms with Gasteiger partial charge in [0.05, 0.1) is 24.7 Å². The van der Waals surface area contributed by atoms with E-state index in [1.807, 2.05) is 11.0 Å². The van der Waals surface area contributed by atoms with Crippen molar-refractivity contribution in [3.8, 4) is 6.07 Å². The Balaban J connectivity index is 1.65. The second kappa shape index (κ2) is 6.75. The Bertz CT molecular complexity index is 561. The molecule has 2 aliphatic rings. The molecule has 6 nitrogen and oxygen atoms in total. The van der Waals surface area contributed by atoms with Gasteiger partial charge in [-0.2, -0.15) is 5.26 Å². The number of hydrogen-bond acceptors (Lipinski definition) is 5. The van der Waals surface area contributed by atoms with Gasteiger partial charge in [-0.05, 0) is 25.0 Å². The topological polar surface area (TPSA) is 69.5 Å². The lowest BCUT2D eigenvalue weighted by Crippen LogP contribution is -2.48. The van der Waals surface area contributed by atoms with Crippen LogP contribution >= 0.6 is 0 Å². The third-order valence-electron chi connectivity index (χ3n) is 4.29. The van der Waals surface area contributed by atoms with Crippen molar-refractivity contribution < 1.29 is 9.53 Å². The lowest BCUT2D eigenvalue weighted by Gasteiger charge is -2.36. The van der Waals surface area contributed by atoms with Gasteiger partial charge in [-0.1, -0.05) is 0 Å². The van der Waals surface area contributed by atoms with Crippen LogP contribution in [0, 0.1) is 17.2 Å². The van der Waals surface area contributed by atoms with E-state index in [9.17, 15) is 4.79 Å². The number of piperidine rings is 1. The fourth-order valence-corrected chi connectivity index (χ4v) is 3.07. The number of carbonyl (C=O) groups is 1. The van der Waals surface area contributed by atoms with Crippen molar-refractivity contribution in [2.45, 2.75) is 12.8 Å². The normalized spacial score (nSPS) is 22.2. The molecule has 1 amide bonds. The van der Waals surface area contributed by atoms with Crippen molar-refractivity contribution in [3.05, 3.63) is 23.9 Å². The van der Waals surface area contributed by atoms with Crippen molar-refractivity contribution in [1.29, 1.82) is 5.26 Å². The fraction of sp³-hybridized carbons (Fsp3) is 0.562. The van der Waals surface area contributed by atoms with Crippen LogP contribution in [0.4, 0.5) is 5.82 Å². The van der Waals surface area contributed by atoms with Crippen molar-refractivity contribution in [2.75, 3.05) is 44.3 Å². The highest BCUT2D eigenvalue weighted by molar-refractivity contribution is 5.79. The second-order valence-electron chi connectivity index (χ2n) is 5.74. The fourth-order valence-electron chi connectivity index (χ4n) is 3.07. The van der Waals surface area contributed by atoms with Gasteiger partial charge in [0.2, 0.25) is 5.91 Å². The zero-order valence-electron chi connectivity index (χ0n) is 12.6. The predicted molar refractivity (Wildman–Crippen MR) is 81.3 cm³/mol. The zero-order chi connectivity index (χ0) is 15.4. The Kier molecular flexibility index (Phi) is 4.54. The lowest BCUT2D eigenvalue weighted by molar-refractivity contribution is -0.139. The summed E-state index contributed by atoms with van der Waals surface area (Å²) < 4.78 is 5.31. The van der Waals surface area contributed by atoms with E-state index < -0.39 is 0 Å². The molecule has 0 bridgehead atoms. The quantitative estimate of drug-likeness (QED) is 0.816. The van der Waals surface area contributed by atoms with Crippen LogP contribution < -0.4 is 4.90 Å². The van der Waals surface area contributed by atoms with Gasteiger partial charge in [0.1, 0.15) is 11.9 Å². The number of nitriles is 1. The number of ether oxygens (including phenoxy) is 1. The van der Waals surface area contributed by atoms with Gasteiger partial charge >= 0.3 is 0 Å². The maximum absolute atomic E-state index is 12.6. The SMILES string of the molecule is N#Cc1ccc(N2CCC[C@H](C(=O)N3CCOCC3)C2)nc1. The summed E-state index contributed by atoms with van der Waals surface area (Å²) in [5.74, 6) is 1.12. The Morgan fingerprint density at radius 1 is 1.32 bits per heavy atom. The summed E-state index contributed by atoms with van der Waals surface area (Å²) in [7, 11) is 0. The van der Waals surface area contributed by atoms with E-state index in [-0.39, 0.29) is 11.8 Å². The van der Waals surface area contributed by atoms with Gasteiger partial charge in [0.25, 0.3) is 0 Å². The van der Waals surface area contributed by atoms with Crippen LogP contribution in [-0.4, -0.2) is 55.2 Å². The van der Waals surface area contributed by atoms with Crippen molar-refractivity contribution in [3.63, 3.8) is 0 Å². The number of anilines is 1. The van der Waals surface area contributed by atoms with E-state index in [0.29, 0.717) is 38.4 Å². The van der Waals surface area contributed by atoms with Gasteiger partial charge in [-0.3, -0.25) is 4.79 Å². The zero-order valence-corrected chi connectivity index (χ0v) is 12.6. The Morgan fingerprint density at radius 2 is 2.14 bits per heavy atom. The molecule has 0 aromatic carbocycles. The van der Waals surface area contributed by atoms with E-state index in [1.165, 1.54) is 0 Å². The van der Waals surface area contributed by atoms with Gasteiger partial charge < -0.3 is 14.5 Å². The highest BCUT2D eigenvalue weighted by atomic mass is 16.5. The molecule has 0 aliphatic carbocycles. The maximum atomic E-state index is 12.6. The number of hydrogen-bond donors (Lipinski definition) is 0. The molecular weight excluding hydrogens is 280 g/mol. The first-order valence-electron chi connectivity index (χ1n) is 7.75. The van der Waals surface area contributed by atoms with Crippen LogP contribution in [0.3, 0.4) is 0 Å². The van der Waals surface area contributed by atoms with E-state index in [1.54, 1.807) is 12.3 Å². The molecule has 116 valence electrons. The van der Waals surface area contributed by atoms with E-state index in [0.717, 1.165) is 25.2 Å². The molecular formula is C16H20N4O2. The van der Waals surface area contributed by atoms with Crippen LogP contribution in [0.5, 0.6) is 0 Å². The average molecular weight is 300 g/mol. The lowest BCUT2D eigenvalue weighted by atomic mass is 9.96. The van der Waals surface area contributed by atoms with Gasteiger partial charge in [0.15, 0.2) is 0 Å². The number of rotatable bonds is 2.